The number of phenolic OH excluding ortho intramolecular Hbond substituents is 1. The van der Waals surface area contributed by atoms with Crippen molar-refractivity contribution < 1.29 is 9.90 Å². The van der Waals surface area contributed by atoms with Gasteiger partial charge in [-0.05, 0) is 37.3 Å². The highest BCUT2D eigenvalue weighted by Crippen LogP contribution is 2.27. The molecule has 1 amide bonds. The number of para-hydroxylation sites is 1. The van der Waals surface area contributed by atoms with Crippen molar-refractivity contribution in [3.8, 4) is 5.75 Å². The molecule has 19 heavy (non-hydrogen) atoms. The smallest absolute Gasteiger partial charge is 0.257 e. The fourth-order valence-corrected chi connectivity index (χ4v) is 2.73. The lowest BCUT2D eigenvalue weighted by Crippen LogP contribution is -2.49. The van der Waals surface area contributed by atoms with Gasteiger partial charge in [0, 0.05) is 19.1 Å². The zero-order valence-corrected chi connectivity index (χ0v) is 11.6. The summed E-state index contributed by atoms with van der Waals surface area (Å²) in [7, 11) is 0. The first kappa shape index (κ1) is 13.9. The number of phenols is 1. The SMILES string of the molecule is Cc1cccc(C(=O)N2CCC(C)CC2CN)c1O. The van der Waals surface area contributed by atoms with Crippen molar-refractivity contribution in [3.63, 3.8) is 0 Å². The van der Waals surface area contributed by atoms with Crippen molar-refractivity contribution in [2.24, 2.45) is 11.7 Å². The Bertz CT molecular complexity index is 473. The molecule has 0 aliphatic carbocycles. The average molecular weight is 262 g/mol. The Kier molecular flexibility index (Phi) is 4.10. The van der Waals surface area contributed by atoms with Gasteiger partial charge in [0.15, 0.2) is 0 Å². The van der Waals surface area contributed by atoms with E-state index in [2.05, 4.69) is 6.92 Å². The van der Waals surface area contributed by atoms with Gasteiger partial charge in [0.25, 0.3) is 5.91 Å². The molecule has 4 nitrogen and oxygen atoms in total. The standard InChI is InChI=1S/C15H22N2O2/c1-10-6-7-17(12(8-10)9-16)15(19)13-5-3-4-11(2)14(13)18/h3-5,10,12,18H,6-9,16H2,1-2H3. The van der Waals surface area contributed by atoms with Crippen LogP contribution in [0, 0.1) is 12.8 Å². The highest BCUT2D eigenvalue weighted by molar-refractivity contribution is 5.97. The number of likely N-dealkylation sites (tertiary alicyclic amines) is 1. The molecule has 4 heteroatoms. The van der Waals surface area contributed by atoms with E-state index < -0.39 is 0 Å². The van der Waals surface area contributed by atoms with Crippen molar-refractivity contribution in [3.05, 3.63) is 29.3 Å². The molecule has 2 atom stereocenters. The van der Waals surface area contributed by atoms with Crippen LogP contribution in [0.4, 0.5) is 0 Å². The maximum Gasteiger partial charge on any atom is 0.257 e. The molecule has 0 saturated carbocycles. The van der Waals surface area contributed by atoms with Gasteiger partial charge in [-0.1, -0.05) is 19.1 Å². The number of carbonyl (C=O) groups excluding carboxylic acids is 1. The Hall–Kier alpha value is -1.55. The van der Waals surface area contributed by atoms with Crippen molar-refractivity contribution in [1.29, 1.82) is 0 Å². The molecule has 1 aromatic rings. The van der Waals surface area contributed by atoms with E-state index in [1.54, 1.807) is 25.1 Å². The Morgan fingerprint density at radius 1 is 1.53 bits per heavy atom. The number of aryl methyl sites for hydroxylation is 1. The van der Waals surface area contributed by atoms with Gasteiger partial charge in [-0.3, -0.25) is 4.79 Å². The summed E-state index contributed by atoms with van der Waals surface area (Å²) in [6.45, 7) is 5.18. The number of piperidine rings is 1. The van der Waals surface area contributed by atoms with Gasteiger partial charge in [0.1, 0.15) is 5.75 Å². The van der Waals surface area contributed by atoms with Gasteiger partial charge in [-0.15, -0.1) is 0 Å². The van der Waals surface area contributed by atoms with Gasteiger partial charge in [0.2, 0.25) is 0 Å². The molecular weight excluding hydrogens is 240 g/mol. The normalized spacial score (nSPS) is 23.4. The number of hydrogen-bond acceptors (Lipinski definition) is 3. The predicted octanol–water partition coefficient (Wildman–Crippen LogP) is 1.90. The average Bonchev–Trinajstić information content (AvgIpc) is 2.41. The predicted molar refractivity (Wildman–Crippen MR) is 75.1 cm³/mol. The highest BCUT2D eigenvalue weighted by Gasteiger charge is 2.30. The summed E-state index contributed by atoms with van der Waals surface area (Å²) in [6, 6.07) is 5.35. The van der Waals surface area contributed by atoms with Crippen molar-refractivity contribution in [1.82, 2.24) is 4.90 Å². The molecule has 1 aliphatic heterocycles. The minimum Gasteiger partial charge on any atom is -0.507 e. The maximum absolute atomic E-state index is 12.6. The van der Waals surface area contributed by atoms with Crippen molar-refractivity contribution >= 4 is 5.91 Å². The van der Waals surface area contributed by atoms with Crippen LogP contribution < -0.4 is 5.73 Å². The van der Waals surface area contributed by atoms with Crippen LogP contribution in [0.25, 0.3) is 0 Å². The number of benzene rings is 1. The first-order valence-electron chi connectivity index (χ1n) is 6.84. The molecule has 2 unspecified atom stereocenters. The molecule has 1 fully saturated rings. The summed E-state index contributed by atoms with van der Waals surface area (Å²) in [5, 5.41) is 10.0. The van der Waals surface area contributed by atoms with Crippen molar-refractivity contribution in [2.45, 2.75) is 32.7 Å². The summed E-state index contributed by atoms with van der Waals surface area (Å²) in [5.41, 5.74) is 6.89. The molecule has 0 radical (unpaired) electrons. The third kappa shape index (κ3) is 2.73. The van der Waals surface area contributed by atoms with Crippen LogP contribution in [-0.2, 0) is 0 Å². The second kappa shape index (κ2) is 5.61. The zero-order chi connectivity index (χ0) is 14.0. The van der Waals surface area contributed by atoms with Crippen LogP contribution in [0.1, 0.15) is 35.7 Å². The Morgan fingerprint density at radius 2 is 2.26 bits per heavy atom. The fraction of sp³-hybridized carbons (Fsp3) is 0.533. The molecule has 104 valence electrons. The minimum atomic E-state index is -0.108. The second-order valence-electron chi connectivity index (χ2n) is 5.49. The van der Waals surface area contributed by atoms with Gasteiger partial charge in [0.05, 0.1) is 5.56 Å². The van der Waals surface area contributed by atoms with Gasteiger partial charge in [-0.25, -0.2) is 0 Å². The molecule has 0 bridgehead atoms. The van der Waals surface area contributed by atoms with Crippen LogP contribution in [0.5, 0.6) is 5.75 Å². The second-order valence-corrected chi connectivity index (χ2v) is 5.49. The number of rotatable bonds is 2. The van der Waals surface area contributed by atoms with Crippen LogP contribution in [0.3, 0.4) is 0 Å². The number of nitrogens with two attached hydrogens (primary N) is 1. The first-order chi connectivity index (χ1) is 9.04. The molecule has 2 rings (SSSR count). The zero-order valence-electron chi connectivity index (χ0n) is 11.6. The molecule has 0 spiro atoms. The van der Waals surface area contributed by atoms with Gasteiger partial charge < -0.3 is 15.7 Å². The van der Waals surface area contributed by atoms with Gasteiger partial charge in [-0.2, -0.15) is 0 Å². The first-order valence-corrected chi connectivity index (χ1v) is 6.84. The number of amides is 1. The maximum atomic E-state index is 12.6. The number of aromatic hydroxyl groups is 1. The third-order valence-corrected chi connectivity index (χ3v) is 3.98. The summed E-state index contributed by atoms with van der Waals surface area (Å²) >= 11 is 0. The highest BCUT2D eigenvalue weighted by atomic mass is 16.3. The van der Waals surface area contributed by atoms with E-state index in [0.29, 0.717) is 18.0 Å². The molecule has 3 N–H and O–H groups in total. The molecule has 1 heterocycles. The lowest BCUT2D eigenvalue weighted by molar-refractivity contribution is 0.0570. The monoisotopic (exact) mass is 262 g/mol. The van der Waals surface area contributed by atoms with Crippen LogP contribution in [-0.4, -0.2) is 35.0 Å². The van der Waals surface area contributed by atoms with E-state index in [4.69, 9.17) is 5.73 Å². The minimum absolute atomic E-state index is 0.0798. The van der Waals surface area contributed by atoms with E-state index >= 15 is 0 Å². The summed E-state index contributed by atoms with van der Waals surface area (Å²) in [5.74, 6) is 0.578. The van der Waals surface area contributed by atoms with E-state index in [1.807, 2.05) is 4.90 Å². The van der Waals surface area contributed by atoms with Crippen LogP contribution in [0.2, 0.25) is 0 Å². The lowest BCUT2D eigenvalue weighted by Gasteiger charge is -2.38. The molecule has 1 saturated heterocycles. The van der Waals surface area contributed by atoms with E-state index in [0.717, 1.165) is 24.9 Å². The molecule has 1 aliphatic rings. The largest absolute Gasteiger partial charge is 0.507 e. The van der Waals surface area contributed by atoms with E-state index in [9.17, 15) is 9.90 Å². The fourth-order valence-electron chi connectivity index (χ4n) is 2.73. The number of nitrogens with zero attached hydrogens (tertiary/aromatic N) is 1. The molecule has 0 aromatic heterocycles. The Labute approximate surface area is 114 Å². The summed E-state index contributed by atoms with van der Waals surface area (Å²) < 4.78 is 0. The van der Waals surface area contributed by atoms with Crippen molar-refractivity contribution in [2.75, 3.05) is 13.1 Å². The summed E-state index contributed by atoms with van der Waals surface area (Å²) in [4.78, 5) is 14.4. The quantitative estimate of drug-likeness (QED) is 0.855. The summed E-state index contributed by atoms with van der Waals surface area (Å²) in [6.07, 6.45) is 1.93. The number of hydrogen-bond donors (Lipinski definition) is 2. The lowest BCUT2D eigenvalue weighted by atomic mass is 9.91. The Balaban J connectivity index is 2.25. The third-order valence-electron chi connectivity index (χ3n) is 3.98. The molecule has 1 aromatic carbocycles. The van der Waals surface area contributed by atoms with E-state index in [-0.39, 0.29) is 17.7 Å². The van der Waals surface area contributed by atoms with Crippen LogP contribution >= 0.6 is 0 Å². The Morgan fingerprint density at radius 3 is 2.95 bits per heavy atom. The van der Waals surface area contributed by atoms with E-state index in [1.165, 1.54) is 0 Å². The van der Waals surface area contributed by atoms with Gasteiger partial charge >= 0.3 is 0 Å². The topological polar surface area (TPSA) is 66.6 Å². The van der Waals surface area contributed by atoms with Crippen LogP contribution in [0.15, 0.2) is 18.2 Å². The molecular formula is C15H22N2O2. The number of carbonyl (C=O) groups is 1.